The number of rotatable bonds is 13. The zero-order valence-electron chi connectivity index (χ0n) is 15.2. The second-order valence-electron chi connectivity index (χ2n) is 5.98. The van der Waals surface area contributed by atoms with Crippen LogP contribution in [0.5, 0.6) is 0 Å². The number of unbranched alkanes of at least 4 members (excludes halogenated alkanes) is 1. The summed E-state index contributed by atoms with van der Waals surface area (Å²) in [5, 5.41) is 34.0. The molecule has 0 aliphatic rings. The van der Waals surface area contributed by atoms with Crippen LogP contribution in [0, 0.1) is 0 Å². The van der Waals surface area contributed by atoms with Crippen molar-refractivity contribution < 1.29 is 34.5 Å². The van der Waals surface area contributed by atoms with Crippen LogP contribution in [0.4, 0.5) is 0 Å². The van der Waals surface area contributed by atoms with Gasteiger partial charge in [-0.15, -0.1) is 0 Å². The van der Waals surface area contributed by atoms with Crippen molar-refractivity contribution in [1.82, 2.24) is 16.0 Å². The van der Waals surface area contributed by atoms with Gasteiger partial charge in [-0.05, 0) is 32.7 Å². The van der Waals surface area contributed by atoms with Crippen molar-refractivity contribution in [1.29, 1.82) is 0 Å². The maximum atomic E-state index is 12.3. The number of aliphatic hydroxyl groups excluding tert-OH is 2. The van der Waals surface area contributed by atoms with Gasteiger partial charge in [-0.1, -0.05) is 0 Å². The first kappa shape index (κ1) is 24.7. The maximum Gasteiger partial charge on any atom is 0.328 e. The van der Waals surface area contributed by atoms with E-state index < -0.39 is 61.1 Å². The second kappa shape index (κ2) is 13.0. The van der Waals surface area contributed by atoms with E-state index >= 15 is 0 Å². The van der Waals surface area contributed by atoms with Crippen LogP contribution in [0.15, 0.2) is 0 Å². The lowest BCUT2D eigenvalue weighted by atomic mass is 10.1. The van der Waals surface area contributed by atoms with Gasteiger partial charge in [0.15, 0.2) is 6.04 Å². The highest BCUT2D eigenvalue weighted by Gasteiger charge is 2.29. The normalized spacial score (nSPS) is 15.1. The van der Waals surface area contributed by atoms with Crippen LogP contribution in [0.2, 0.25) is 0 Å². The average molecular weight is 391 g/mol. The number of amides is 3. The first-order chi connectivity index (χ1) is 12.6. The van der Waals surface area contributed by atoms with E-state index in [-0.39, 0.29) is 6.42 Å². The number of nitrogens with two attached hydrogens (primary N) is 2. The number of nitrogens with one attached hydrogen (secondary N) is 3. The molecular formula is C15H29N5O7. The van der Waals surface area contributed by atoms with Crippen LogP contribution in [0.25, 0.3) is 0 Å². The molecule has 10 N–H and O–H groups in total. The SMILES string of the molecule is CC(O)C(NC(=O)C(CCCCN)NC(=O)CNC(=O)C(N)CO)C(=O)O. The van der Waals surface area contributed by atoms with Crippen molar-refractivity contribution in [3.63, 3.8) is 0 Å². The Morgan fingerprint density at radius 3 is 2.19 bits per heavy atom. The average Bonchev–Trinajstić information content (AvgIpc) is 2.61. The third-order valence-electron chi connectivity index (χ3n) is 3.60. The molecule has 4 unspecified atom stereocenters. The summed E-state index contributed by atoms with van der Waals surface area (Å²) in [6.45, 7) is 0.517. The first-order valence-electron chi connectivity index (χ1n) is 8.48. The Balaban J connectivity index is 4.87. The Kier molecular flexibility index (Phi) is 11.9. The smallest absolute Gasteiger partial charge is 0.328 e. The lowest BCUT2D eigenvalue weighted by Gasteiger charge is -2.23. The third kappa shape index (κ3) is 9.84. The van der Waals surface area contributed by atoms with Gasteiger partial charge in [0, 0.05) is 0 Å². The van der Waals surface area contributed by atoms with Gasteiger partial charge in [-0.2, -0.15) is 0 Å². The van der Waals surface area contributed by atoms with E-state index in [4.69, 9.17) is 21.7 Å². The third-order valence-corrected chi connectivity index (χ3v) is 3.60. The van der Waals surface area contributed by atoms with Crippen molar-refractivity contribution >= 4 is 23.7 Å². The predicted octanol–water partition coefficient (Wildman–Crippen LogP) is -4.01. The monoisotopic (exact) mass is 391 g/mol. The fraction of sp³-hybridized carbons (Fsp3) is 0.733. The minimum atomic E-state index is -1.53. The van der Waals surface area contributed by atoms with Crippen molar-refractivity contribution in [2.75, 3.05) is 19.7 Å². The Morgan fingerprint density at radius 2 is 1.70 bits per heavy atom. The lowest BCUT2D eigenvalue weighted by molar-refractivity contribution is -0.145. The van der Waals surface area contributed by atoms with Crippen LogP contribution in [0.3, 0.4) is 0 Å². The van der Waals surface area contributed by atoms with Crippen LogP contribution >= 0.6 is 0 Å². The van der Waals surface area contributed by atoms with Gasteiger partial charge in [-0.3, -0.25) is 14.4 Å². The summed E-state index contributed by atoms with van der Waals surface area (Å²) in [5.41, 5.74) is 10.7. The molecule has 27 heavy (non-hydrogen) atoms. The minimum Gasteiger partial charge on any atom is -0.480 e. The standard InChI is InChI=1S/C15H29N5O7/c1-8(22)12(15(26)27)20-14(25)10(4-2-3-5-16)19-11(23)6-18-13(24)9(17)7-21/h8-10,12,21-22H,2-7,16-17H2,1H3,(H,18,24)(H,19,23)(H,20,25)(H,26,27). The summed E-state index contributed by atoms with van der Waals surface area (Å²) in [4.78, 5) is 46.8. The quantitative estimate of drug-likeness (QED) is 0.143. The molecular weight excluding hydrogens is 362 g/mol. The number of hydrogen-bond donors (Lipinski definition) is 8. The minimum absolute atomic E-state index is 0.186. The van der Waals surface area contributed by atoms with Crippen LogP contribution in [0.1, 0.15) is 26.2 Å². The second-order valence-corrected chi connectivity index (χ2v) is 5.98. The van der Waals surface area contributed by atoms with Crippen molar-refractivity contribution in [2.45, 2.75) is 50.4 Å². The van der Waals surface area contributed by atoms with E-state index in [1.54, 1.807) is 0 Å². The van der Waals surface area contributed by atoms with Gasteiger partial charge in [-0.25, -0.2) is 4.79 Å². The largest absolute Gasteiger partial charge is 0.480 e. The summed E-state index contributed by atoms with van der Waals surface area (Å²) in [6, 6.07) is -3.79. The molecule has 0 aromatic carbocycles. The molecule has 3 amide bonds. The Hall–Kier alpha value is -2.28. The number of carboxylic acid groups (broad SMARTS) is 1. The van der Waals surface area contributed by atoms with Crippen LogP contribution in [-0.4, -0.2) is 82.9 Å². The number of carboxylic acids is 1. The van der Waals surface area contributed by atoms with E-state index in [2.05, 4.69) is 16.0 Å². The fourth-order valence-electron chi connectivity index (χ4n) is 2.03. The lowest BCUT2D eigenvalue weighted by Crippen LogP contribution is -2.56. The number of aliphatic hydroxyl groups is 2. The highest BCUT2D eigenvalue weighted by atomic mass is 16.4. The molecule has 0 rings (SSSR count). The zero-order chi connectivity index (χ0) is 21.0. The molecule has 0 heterocycles. The first-order valence-corrected chi connectivity index (χ1v) is 8.48. The summed E-state index contributed by atoms with van der Waals surface area (Å²) in [5.74, 6) is -3.65. The van der Waals surface area contributed by atoms with Gasteiger partial charge in [0.2, 0.25) is 17.7 Å². The van der Waals surface area contributed by atoms with Gasteiger partial charge in [0.1, 0.15) is 12.1 Å². The highest BCUT2D eigenvalue weighted by molar-refractivity contribution is 5.92. The van der Waals surface area contributed by atoms with Crippen LogP contribution in [-0.2, 0) is 19.2 Å². The molecule has 12 heteroatoms. The Morgan fingerprint density at radius 1 is 1.07 bits per heavy atom. The molecule has 0 aliphatic heterocycles. The number of carbonyl (C=O) groups is 4. The molecule has 0 radical (unpaired) electrons. The Bertz CT molecular complexity index is 515. The fourth-order valence-corrected chi connectivity index (χ4v) is 2.03. The molecule has 4 atom stereocenters. The van der Waals surface area contributed by atoms with Crippen molar-refractivity contribution in [2.24, 2.45) is 11.5 Å². The molecule has 0 spiro atoms. The van der Waals surface area contributed by atoms with E-state index in [9.17, 15) is 24.3 Å². The van der Waals surface area contributed by atoms with E-state index in [0.717, 1.165) is 0 Å². The molecule has 156 valence electrons. The molecule has 12 nitrogen and oxygen atoms in total. The molecule has 0 aromatic heterocycles. The molecule has 0 aromatic rings. The van der Waals surface area contributed by atoms with Crippen LogP contribution < -0.4 is 27.4 Å². The van der Waals surface area contributed by atoms with Gasteiger partial charge in [0.25, 0.3) is 0 Å². The summed E-state index contributed by atoms with van der Waals surface area (Å²) in [6.07, 6.45) is -0.0831. The van der Waals surface area contributed by atoms with E-state index in [1.165, 1.54) is 6.92 Å². The van der Waals surface area contributed by atoms with Crippen molar-refractivity contribution in [3.05, 3.63) is 0 Å². The van der Waals surface area contributed by atoms with Crippen molar-refractivity contribution in [3.8, 4) is 0 Å². The summed E-state index contributed by atoms with van der Waals surface area (Å²) >= 11 is 0. The van der Waals surface area contributed by atoms with Gasteiger partial charge in [0.05, 0.1) is 19.3 Å². The topological polar surface area (TPSA) is 217 Å². The summed E-state index contributed by atoms with van der Waals surface area (Å²) < 4.78 is 0. The predicted molar refractivity (Wildman–Crippen MR) is 94.2 cm³/mol. The molecule has 0 saturated carbocycles. The van der Waals surface area contributed by atoms with E-state index in [0.29, 0.717) is 19.4 Å². The maximum absolute atomic E-state index is 12.3. The number of aliphatic carboxylic acids is 1. The molecule has 0 aliphatic carbocycles. The molecule has 0 bridgehead atoms. The molecule has 0 saturated heterocycles. The highest BCUT2D eigenvalue weighted by Crippen LogP contribution is 2.03. The van der Waals surface area contributed by atoms with Gasteiger partial charge < -0.3 is 42.7 Å². The number of hydrogen-bond acceptors (Lipinski definition) is 8. The van der Waals surface area contributed by atoms with Gasteiger partial charge >= 0.3 is 5.97 Å². The summed E-state index contributed by atoms with van der Waals surface area (Å²) in [7, 11) is 0. The Labute approximate surface area is 156 Å². The molecule has 0 fully saturated rings. The zero-order valence-corrected chi connectivity index (χ0v) is 15.2. The number of carbonyl (C=O) groups excluding carboxylic acids is 3. The van der Waals surface area contributed by atoms with E-state index in [1.807, 2.05) is 0 Å².